The Morgan fingerprint density at radius 2 is 2.07 bits per heavy atom. The van der Waals surface area contributed by atoms with Crippen LogP contribution in [0.15, 0.2) is 59.7 Å². The summed E-state index contributed by atoms with van der Waals surface area (Å²) in [7, 11) is 3.78. The summed E-state index contributed by atoms with van der Waals surface area (Å²) in [5.74, 6) is 0.454. The van der Waals surface area contributed by atoms with E-state index >= 15 is 0 Å². The van der Waals surface area contributed by atoms with Crippen LogP contribution in [0.1, 0.15) is 20.8 Å². The Bertz CT molecular complexity index is 1200. The number of anilines is 1. The fourth-order valence-electron chi connectivity index (χ4n) is 3.16. The highest BCUT2D eigenvalue weighted by Crippen LogP contribution is 2.30. The van der Waals surface area contributed by atoms with E-state index in [4.69, 9.17) is 5.26 Å². The van der Waals surface area contributed by atoms with Gasteiger partial charge >= 0.3 is 0 Å². The van der Waals surface area contributed by atoms with Crippen molar-refractivity contribution in [2.24, 2.45) is 18.0 Å². The van der Waals surface area contributed by atoms with Crippen LogP contribution in [0.2, 0.25) is 0 Å². The van der Waals surface area contributed by atoms with Gasteiger partial charge < -0.3 is 9.47 Å². The monoisotopic (exact) mass is 399 g/mol. The first-order chi connectivity index (χ1) is 14.3. The number of hydrogen-bond acceptors (Lipinski definition) is 4. The van der Waals surface area contributed by atoms with Crippen LogP contribution >= 0.6 is 0 Å². The van der Waals surface area contributed by atoms with Gasteiger partial charge in [-0.15, -0.1) is 0 Å². The van der Waals surface area contributed by atoms with E-state index in [2.05, 4.69) is 26.7 Å². The van der Waals surface area contributed by atoms with Gasteiger partial charge in [0.1, 0.15) is 0 Å². The van der Waals surface area contributed by atoms with Gasteiger partial charge in [0, 0.05) is 61.3 Å². The Morgan fingerprint density at radius 1 is 1.30 bits per heavy atom. The Morgan fingerprint density at radius 3 is 2.77 bits per heavy atom. The molecule has 0 saturated heterocycles. The summed E-state index contributed by atoms with van der Waals surface area (Å²) in [6.45, 7) is 5.28. The summed E-state index contributed by atoms with van der Waals surface area (Å²) in [6, 6.07) is 14.1. The number of nitrogens with zero attached hydrogens (tertiary/aromatic N) is 5. The quantitative estimate of drug-likeness (QED) is 0.565. The third-order valence-electron chi connectivity index (χ3n) is 5.03. The molecule has 1 aromatic carbocycles. The van der Waals surface area contributed by atoms with Crippen LogP contribution in [0, 0.1) is 17.2 Å². The molecule has 0 bridgehead atoms. The standard InChI is InChI=1S/C24H25N5O/c1-16(14-25)9-10-17(2)27-24-13-23-20(15-26-24)12-22(29(23)5)19-7-6-8-21(11-19)28(4)18(3)30/h6-13,15-16H,1-5H3/b10-9-,27-17?. The molecule has 0 aliphatic rings. The highest BCUT2D eigenvalue weighted by atomic mass is 16.2. The number of aliphatic imine (C=N–C) groups is 1. The van der Waals surface area contributed by atoms with Crippen molar-refractivity contribution in [3.63, 3.8) is 0 Å². The molecule has 3 rings (SSSR count). The number of carbonyl (C=O) groups excluding carboxylic acids is 1. The van der Waals surface area contributed by atoms with Crippen LogP contribution in [-0.4, -0.2) is 28.2 Å². The molecule has 0 N–H and O–H groups in total. The number of rotatable bonds is 5. The first kappa shape index (κ1) is 21.0. The third kappa shape index (κ3) is 4.47. The zero-order valence-electron chi connectivity index (χ0n) is 17.9. The van der Waals surface area contributed by atoms with E-state index in [0.29, 0.717) is 5.82 Å². The molecular weight excluding hydrogens is 374 g/mol. The third-order valence-corrected chi connectivity index (χ3v) is 5.03. The number of fused-ring (bicyclic) bond motifs is 1. The Hall–Kier alpha value is -3.72. The molecule has 152 valence electrons. The number of pyridine rings is 1. The molecule has 0 fully saturated rings. The van der Waals surface area contributed by atoms with E-state index in [0.717, 1.165) is 33.6 Å². The minimum atomic E-state index is -0.154. The van der Waals surface area contributed by atoms with Gasteiger partial charge in [0.15, 0.2) is 5.82 Å². The zero-order valence-corrected chi connectivity index (χ0v) is 17.9. The Balaban J connectivity index is 1.98. The lowest BCUT2D eigenvalue weighted by molar-refractivity contribution is -0.116. The number of nitriles is 1. The minimum Gasteiger partial charge on any atom is -0.343 e. The van der Waals surface area contributed by atoms with Crippen molar-refractivity contribution in [1.29, 1.82) is 5.26 Å². The van der Waals surface area contributed by atoms with Gasteiger partial charge in [0.2, 0.25) is 5.91 Å². The van der Waals surface area contributed by atoms with E-state index in [1.807, 2.05) is 69.6 Å². The number of carbonyl (C=O) groups is 1. The number of aryl methyl sites for hydroxylation is 1. The Labute approximate surface area is 176 Å². The largest absolute Gasteiger partial charge is 0.343 e. The average Bonchev–Trinajstić information content (AvgIpc) is 3.07. The first-order valence-corrected chi connectivity index (χ1v) is 9.73. The van der Waals surface area contributed by atoms with Gasteiger partial charge in [-0.2, -0.15) is 5.26 Å². The van der Waals surface area contributed by atoms with Crippen molar-refractivity contribution in [2.75, 3.05) is 11.9 Å². The molecule has 0 aliphatic carbocycles. The lowest BCUT2D eigenvalue weighted by Gasteiger charge is -2.16. The summed E-state index contributed by atoms with van der Waals surface area (Å²) in [5, 5.41) is 9.90. The summed E-state index contributed by atoms with van der Waals surface area (Å²) < 4.78 is 2.10. The predicted octanol–water partition coefficient (Wildman–Crippen LogP) is 5.03. The van der Waals surface area contributed by atoms with Crippen LogP contribution in [0.5, 0.6) is 0 Å². The molecule has 6 heteroatoms. The molecule has 1 unspecified atom stereocenters. The maximum Gasteiger partial charge on any atom is 0.223 e. The lowest BCUT2D eigenvalue weighted by atomic mass is 10.1. The lowest BCUT2D eigenvalue weighted by Crippen LogP contribution is -2.22. The van der Waals surface area contributed by atoms with E-state index in [1.165, 1.54) is 0 Å². The molecule has 6 nitrogen and oxygen atoms in total. The summed E-state index contributed by atoms with van der Waals surface area (Å²) >= 11 is 0. The molecule has 2 heterocycles. The van der Waals surface area contributed by atoms with Crippen molar-refractivity contribution >= 4 is 34.0 Å². The van der Waals surface area contributed by atoms with Gasteiger partial charge in [0.05, 0.1) is 17.5 Å². The zero-order chi connectivity index (χ0) is 21.8. The normalized spacial score (nSPS) is 12.9. The number of hydrogen-bond donors (Lipinski definition) is 0. The van der Waals surface area contributed by atoms with Crippen LogP contribution in [0.4, 0.5) is 11.5 Å². The van der Waals surface area contributed by atoms with Gasteiger partial charge in [-0.25, -0.2) is 9.98 Å². The number of benzene rings is 1. The van der Waals surface area contributed by atoms with Crippen molar-refractivity contribution in [2.45, 2.75) is 20.8 Å². The van der Waals surface area contributed by atoms with E-state index < -0.39 is 0 Å². The molecular formula is C24H25N5O. The van der Waals surface area contributed by atoms with Crippen molar-refractivity contribution in [3.8, 4) is 17.3 Å². The molecule has 0 spiro atoms. The molecule has 0 aliphatic heterocycles. The molecule has 30 heavy (non-hydrogen) atoms. The smallest absolute Gasteiger partial charge is 0.223 e. The molecule has 1 amide bonds. The molecule has 1 atom stereocenters. The highest BCUT2D eigenvalue weighted by molar-refractivity contribution is 5.95. The SMILES string of the molecule is CC(=O)N(C)c1cccc(-c2cc3cnc(N=C(C)/C=C\C(C)C#N)cc3n2C)c1. The van der Waals surface area contributed by atoms with Crippen LogP contribution in [0.25, 0.3) is 22.2 Å². The van der Waals surface area contributed by atoms with Gasteiger partial charge in [0.25, 0.3) is 0 Å². The summed E-state index contributed by atoms with van der Waals surface area (Å²) in [5.41, 5.74) is 4.72. The maximum absolute atomic E-state index is 11.7. The number of amides is 1. The van der Waals surface area contributed by atoms with Crippen LogP contribution < -0.4 is 4.90 Å². The fraction of sp³-hybridized carbons (Fsp3) is 0.250. The second-order valence-electron chi connectivity index (χ2n) is 7.35. The van der Waals surface area contributed by atoms with Crippen molar-refractivity contribution in [1.82, 2.24) is 9.55 Å². The highest BCUT2D eigenvalue weighted by Gasteiger charge is 2.12. The van der Waals surface area contributed by atoms with E-state index in [1.54, 1.807) is 18.9 Å². The van der Waals surface area contributed by atoms with E-state index in [-0.39, 0.29) is 11.8 Å². The van der Waals surface area contributed by atoms with Crippen LogP contribution in [0.3, 0.4) is 0 Å². The number of aromatic nitrogens is 2. The molecule has 3 aromatic rings. The van der Waals surface area contributed by atoms with Crippen molar-refractivity contribution < 1.29 is 4.79 Å². The van der Waals surface area contributed by atoms with Gasteiger partial charge in [-0.05, 0) is 38.1 Å². The summed E-state index contributed by atoms with van der Waals surface area (Å²) in [4.78, 5) is 22.3. The molecule has 0 radical (unpaired) electrons. The average molecular weight is 399 g/mol. The number of allylic oxidation sites excluding steroid dienone is 2. The van der Waals surface area contributed by atoms with E-state index in [9.17, 15) is 4.79 Å². The predicted molar refractivity (Wildman–Crippen MR) is 122 cm³/mol. The fourth-order valence-corrected chi connectivity index (χ4v) is 3.16. The molecule has 2 aromatic heterocycles. The first-order valence-electron chi connectivity index (χ1n) is 9.73. The van der Waals surface area contributed by atoms with Gasteiger partial charge in [-0.1, -0.05) is 18.2 Å². The Kier molecular flexibility index (Phi) is 6.12. The minimum absolute atomic E-state index is 0.00974. The van der Waals surface area contributed by atoms with Gasteiger partial charge in [-0.3, -0.25) is 4.79 Å². The second kappa shape index (κ2) is 8.75. The van der Waals surface area contributed by atoms with Crippen LogP contribution in [-0.2, 0) is 11.8 Å². The van der Waals surface area contributed by atoms with Crippen molar-refractivity contribution in [3.05, 3.63) is 54.7 Å². The maximum atomic E-state index is 11.7. The summed E-state index contributed by atoms with van der Waals surface area (Å²) in [6.07, 6.45) is 5.48. The topological polar surface area (TPSA) is 74.3 Å². The second-order valence-corrected chi connectivity index (χ2v) is 7.35. The molecule has 0 saturated carbocycles.